The van der Waals surface area contributed by atoms with Crippen molar-refractivity contribution in [2.24, 2.45) is 0 Å². The van der Waals surface area contributed by atoms with Crippen LogP contribution in [0.25, 0.3) is 0 Å². The van der Waals surface area contributed by atoms with E-state index in [0.29, 0.717) is 12.5 Å². The van der Waals surface area contributed by atoms with Gasteiger partial charge in [-0.15, -0.1) is 0 Å². The molecule has 1 heterocycles. The molecular weight excluding hydrogens is 157 g/mol. The van der Waals surface area contributed by atoms with E-state index in [9.17, 15) is 0 Å². The van der Waals surface area contributed by atoms with Crippen LogP contribution >= 0.6 is 0 Å². The van der Waals surface area contributed by atoms with Crippen molar-refractivity contribution in [3.8, 4) is 0 Å². The monoisotopic (exact) mass is 167 g/mol. The van der Waals surface area contributed by atoms with E-state index in [1.165, 1.54) is 12.3 Å². The van der Waals surface area contributed by atoms with Gasteiger partial charge in [-0.2, -0.15) is 0 Å². The van der Waals surface area contributed by atoms with Crippen LogP contribution in [0.15, 0.2) is 12.3 Å². The summed E-state index contributed by atoms with van der Waals surface area (Å²) >= 11 is 0. The van der Waals surface area contributed by atoms with Gasteiger partial charge in [-0.1, -0.05) is 0 Å². The Kier molecular flexibility index (Phi) is 3.01. The second kappa shape index (κ2) is 4.03. The number of aromatic nitrogens is 2. The molecule has 0 aliphatic heterocycles. The summed E-state index contributed by atoms with van der Waals surface area (Å²) in [4.78, 5) is 7.71. The number of hydrogen-bond acceptors (Lipinski definition) is 5. The summed E-state index contributed by atoms with van der Waals surface area (Å²) in [5.41, 5.74) is 0.195. The van der Waals surface area contributed by atoms with Gasteiger partial charge in [0.2, 0.25) is 5.95 Å². The lowest BCUT2D eigenvalue weighted by Crippen LogP contribution is -2.33. The van der Waals surface area contributed by atoms with Gasteiger partial charge >= 0.3 is 7.12 Å². The molecule has 0 aromatic carbocycles. The Labute approximate surface area is 70.6 Å². The maximum atomic E-state index is 8.75. The summed E-state index contributed by atoms with van der Waals surface area (Å²) in [6.07, 6.45) is 1.47. The van der Waals surface area contributed by atoms with E-state index in [-0.39, 0.29) is 5.59 Å². The summed E-state index contributed by atoms with van der Waals surface area (Å²) < 4.78 is 0. The Morgan fingerprint density at radius 2 is 2.33 bits per heavy atom. The molecule has 3 N–H and O–H groups in total. The minimum Gasteiger partial charge on any atom is -0.422 e. The molecule has 0 aliphatic rings. The summed E-state index contributed by atoms with van der Waals surface area (Å²) in [5.74, 6) is 0.406. The highest BCUT2D eigenvalue weighted by atomic mass is 16.4. The maximum absolute atomic E-state index is 8.75. The van der Waals surface area contributed by atoms with Gasteiger partial charge in [0.05, 0.1) is 5.59 Å². The standard InChI is InChI=1S/C6H10BN3O2/c1-2-8-6-9-4-3-5(10-6)7(11)12/h3-4,11-12H,2H2,1H3,(H,8,9,10). The van der Waals surface area contributed by atoms with Gasteiger partial charge in [0.25, 0.3) is 0 Å². The van der Waals surface area contributed by atoms with Crippen LogP contribution < -0.4 is 10.9 Å². The van der Waals surface area contributed by atoms with E-state index in [4.69, 9.17) is 10.0 Å². The van der Waals surface area contributed by atoms with Crippen molar-refractivity contribution < 1.29 is 10.0 Å². The highest BCUT2D eigenvalue weighted by molar-refractivity contribution is 6.57. The van der Waals surface area contributed by atoms with Crippen LogP contribution in [0.5, 0.6) is 0 Å². The third-order valence-electron chi connectivity index (χ3n) is 1.28. The van der Waals surface area contributed by atoms with Crippen molar-refractivity contribution in [1.82, 2.24) is 9.97 Å². The molecule has 1 rings (SSSR count). The van der Waals surface area contributed by atoms with E-state index in [0.717, 1.165) is 0 Å². The Bertz CT molecular complexity index is 256. The molecule has 0 saturated carbocycles. The predicted molar refractivity (Wildman–Crippen MR) is 46.0 cm³/mol. The SMILES string of the molecule is CCNc1nccc(B(O)O)n1. The molecular formula is C6H10BN3O2. The summed E-state index contributed by atoms with van der Waals surface area (Å²) in [6, 6.07) is 1.45. The highest BCUT2D eigenvalue weighted by Gasteiger charge is 2.12. The van der Waals surface area contributed by atoms with Gasteiger partial charge in [0.1, 0.15) is 0 Å². The lowest BCUT2D eigenvalue weighted by atomic mass is 9.86. The van der Waals surface area contributed by atoms with Crippen LogP contribution in [-0.4, -0.2) is 33.7 Å². The minimum atomic E-state index is -1.54. The first-order valence-electron chi connectivity index (χ1n) is 3.67. The molecule has 0 bridgehead atoms. The number of hydrogen-bond donors (Lipinski definition) is 3. The molecule has 6 heteroatoms. The molecule has 5 nitrogen and oxygen atoms in total. The van der Waals surface area contributed by atoms with Crippen LogP contribution in [0, 0.1) is 0 Å². The number of anilines is 1. The molecule has 0 aliphatic carbocycles. The Hall–Kier alpha value is -1.14. The minimum absolute atomic E-state index is 0.195. The van der Waals surface area contributed by atoms with Crippen molar-refractivity contribution in [2.75, 3.05) is 11.9 Å². The molecule has 0 fully saturated rings. The van der Waals surface area contributed by atoms with Gasteiger partial charge in [-0.05, 0) is 13.0 Å². The van der Waals surface area contributed by atoms with Gasteiger partial charge < -0.3 is 15.4 Å². The molecule has 1 aromatic rings. The van der Waals surface area contributed by atoms with E-state index in [2.05, 4.69) is 15.3 Å². The molecule has 12 heavy (non-hydrogen) atoms. The zero-order valence-electron chi connectivity index (χ0n) is 6.73. The van der Waals surface area contributed by atoms with Crippen LogP contribution in [-0.2, 0) is 0 Å². The number of rotatable bonds is 3. The predicted octanol–water partition coefficient (Wildman–Crippen LogP) is -1.41. The molecule has 0 atom stereocenters. The molecule has 0 spiro atoms. The smallest absolute Gasteiger partial charge is 0.422 e. The lowest BCUT2D eigenvalue weighted by Gasteiger charge is -2.02. The first-order valence-corrected chi connectivity index (χ1v) is 3.67. The van der Waals surface area contributed by atoms with Gasteiger partial charge in [0, 0.05) is 12.7 Å². The molecule has 1 aromatic heterocycles. The van der Waals surface area contributed by atoms with Crippen molar-refractivity contribution in [2.45, 2.75) is 6.92 Å². The Morgan fingerprint density at radius 3 is 2.92 bits per heavy atom. The fourth-order valence-electron chi connectivity index (χ4n) is 0.760. The van der Waals surface area contributed by atoms with Crippen molar-refractivity contribution in [3.63, 3.8) is 0 Å². The maximum Gasteiger partial charge on any atom is 0.508 e. The summed E-state index contributed by atoms with van der Waals surface area (Å²) in [5, 5.41) is 20.4. The Balaban J connectivity index is 2.81. The molecule has 0 amide bonds. The zero-order chi connectivity index (χ0) is 8.97. The van der Waals surface area contributed by atoms with Crippen molar-refractivity contribution in [3.05, 3.63) is 12.3 Å². The van der Waals surface area contributed by atoms with Crippen molar-refractivity contribution in [1.29, 1.82) is 0 Å². The second-order valence-electron chi connectivity index (χ2n) is 2.21. The van der Waals surface area contributed by atoms with E-state index in [1.54, 1.807) is 0 Å². The molecule has 0 radical (unpaired) electrons. The summed E-state index contributed by atoms with van der Waals surface area (Å²) in [7, 11) is -1.54. The Morgan fingerprint density at radius 1 is 1.58 bits per heavy atom. The van der Waals surface area contributed by atoms with E-state index < -0.39 is 7.12 Å². The van der Waals surface area contributed by atoms with E-state index >= 15 is 0 Å². The molecule has 0 saturated heterocycles. The van der Waals surface area contributed by atoms with Gasteiger partial charge in [-0.25, -0.2) is 9.97 Å². The van der Waals surface area contributed by atoms with Gasteiger partial charge in [-0.3, -0.25) is 0 Å². The second-order valence-corrected chi connectivity index (χ2v) is 2.21. The van der Waals surface area contributed by atoms with Crippen LogP contribution in [0.3, 0.4) is 0 Å². The van der Waals surface area contributed by atoms with Gasteiger partial charge in [0.15, 0.2) is 0 Å². The van der Waals surface area contributed by atoms with Crippen LogP contribution in [0.4, 0.5) is 5.95 Å². The van der Waals surface area contributed by atoms with Crippen LogP contribution in [0.1, 0.15) is 6.92 Å². The fraction of sp³-hybridized carbons (Fsp3) is 0.333. The van der Waals surface area contributed by atoms with Crippen LogP contribution in [0.2, 0.25) is 0 Å². The molecule has 64 valence electrons. The van der Waals surface area contributed by atoms with Crippen molar-refractivity contribution >= 4 is 18.7 Å². The normalized spacial score (nSPS) is 9.58. The zero-order valence-corrected chi connectivity index (χ0v) is 6.73. The molecule has 0 unspecified atom stereocenters. The number of nitrogens with zero attached hydrogens (tertiary/aromatic N) is 2. The fourth-order valence-corrected chi connectivity index (χ4v) is 0.760. The third kappa shape index (κ3) is 2.18. The first kappa shape index (κ1) is 8.96. The topological polar surface area (TPSA) is 78.3 Å². The average molecular weight is 167 g/mol. The number of nitrogens with one attached hydrogen (secondary N) is 1. The third-order valence-corrected chi connectivity index (χ3v) is 1.28. The quantitative estimate of drug-likeness (QED) is 0.482. The highest BCUT2D eigenvalue weighted by Crippen LogP contribution is 1.91. The lowest BCUT2D eigenvalue weighted by molar-refractivity contribution is 0.424. The average Bonchev–Trinajstić information content (AvgIpc) is 2.05. The first-order chi connectivity index (χ1) is 5.74. The van der Waals surface area contributed by atoms with E-state index in [1.807, 2.05) is 6.92 Å². The summed E-state index contributed by atoms with van der Waals surface area (Å²) in [6.45, 7) is 2.61. The largest absolute Gasteiger partial charge is 0.508 e.